The Hall–Kier alpha value is -1.22. The third-order valence-electron chi connectivity index (χ3n) is 3.07. The fourth-order valence-corrected chi connectivity index (χ4v) is 4.24. The van der Waals surface area contributed by atoms with Gasteiger partial charge in [-0.3, -0.25) is 4.68 Å². The monoisotopic (exact) mass is 328 g/mol. The van der Waals surface area contributed by atoms with Gasteiger partial charge in [-0.2, -0.15) is 5.10 Å². The van der Waals surface area contributed by atoms with Crippen LogP contribution in [0.1, 0.15) is 23.4 Å². The van der Waals surface area contributed by atoms with Crippen LogP contribution < -0.4 is 10.0 Å². The molecule has 2 aromatic heterocycles. The zero-order valence-electron chi connectivity index (χ0n) is 12.3. The minimum absolute atomic E-state index is 0.132. The molecule has 0 unspecified atom stereocenters. The molecule has 0 bridgehead atoms. The highest BCUT2D eigenvalue weighted by atomic mass is 32.2. The molecule has 1 atom stereocenters. The van der Waals surface area contributed by atoms with E-state index in [9.17, 15) is 8.42 Å². The first-order chi connectivity index (χ1) is 9.88. The molecule has 0 saturated carbocycles. The maximum atomic E-state index is 12.0. The van der Waals surface area contributed by atoms with E-state index in [2.05, 4.69) is 15.1 Å². The Morgan fingerprint density at radius 3 is 2.71 bits per heavy atom. The highest BCUT2D eigenvalue weighted by Crippen LogP contribution is 2.20. The molecule has 6 nitrogen and oxygen atoms in total. The molecule has 0 spiro atoms. The average Bonchev–Trinajstić information content (AvgIpc) is 3.03. The van der Waals surface area contributed by atoms with E-state index in [1.54, 1.807) is 16.9 Å². The van der Waals surface area contributed by atoms with Crippen molar-refractivity contribution in [1.82, 2.24) is 19.8 Å². The second-order valence-electron chi connectivity index (χ2n) is 4.89. The van der Waals surface area contributed by atoms with Crippen molar-refractivity contribution in [3.63, 3.8) is 0 Å². The molecule has 0 aromatic carbocycles. The van der Waals surface area contributed by atoms with Crippen molar-refractivity contribution >= 4 is 21.4 Å². The van der Waals surface area contributed by atoms with Crippen LogP contribution in [0.5, 0.6) is 0 Å². The second kappa shape index (κ2) is 6.69. The van der Waals surface area contributed by atoms with Crippen LogP contribution in [0.3, 0.4) is 0 Å². The number of hydrogen-bond donors (Lipinski definition) is 2. The SMILES string of the molecule is Cc1ccc(S(=O)(=O)NCCN[C@H](C)c2cnn(C)c2)s1. The van der Waals surface area contributed by atoms with Gasteiger partial charge in [0, 0.05) is 42.8 Å². The van der Waals surface area contributed by atoms with E-state index in [0.717, 1.165) is 10.4 Å². The molecule has 2 heterocycles. The average molecular weight is 328 g/mol. The molecule has 8 heteroatoms. The van der Waals surface area contributed by atoms with Crippen LogP contribution in [0.2, 0.25) is 0 Å². The molecule has 0 aliphatic rings. The van der Waals surface area contributed by atoms with E-state index in [4.69, 9.17) is 0 Å². The van der Waals surface area contributed by atoms with Crippen LogP contribution >= 0.6 is 11.3 Å². The zero-order chi connectivity index (χ0) is 15.5. The number of rotatable bonds is 7. The van der Waals surface area contributed by atoms with Gasteiger partial charge < -0.3 is 5.32 Å². The zero-order valence-corrected chi connectivity index (χ0v) is 14.0. The van der Waals surface area contributed by atoms with Crippen LogP contribution in [-0.4, -0.2) is 31.3 Å². The molecule has 21 heavy (non-hydrogen) atoms. The summed E-state index contributed by atoms with van der Waals surface area (Å²) in [7, 11) is -1.52. The van der Waals surface area contributed by atoms with E-state index < -0.39 is 10.0 Å². The maximum absolute atomic E-state index is 12.0. The summed E-state index contributed by atoms with van der Waals surface area (Å²) in [5, 5.41) is 7.38. The summed E-state index contributed by atoms with van der Waals surface area (Å²) in [6, 6.07) is 3.57. The third kappa shape index (κ3) is 4.37. The van der Waals surface area contributed by atoms with Crippen LogP contribution in [0.15, 0.2) is 28.7 Å². The number of aryl methyl sites for hydroxylation is 2. The molecule has 0 aliphatic heterocycles. The summed E-state index contributed by atoms with van der Waals surface area (Å²) in [4.78, 5) is 0.985. The molecule has 0 aliphatic carbocycles. The molecule has 0 fully saturated rings. The van der Waals surface area contributed by atoms with Crippen molar-refractivity contribution in [2.24, 2.45) is 7.05 Å². The molecule has 0 saturated heterocycles. The van der Waals surface area contributed by atoms with Gasteiger partial charge in [-0.15, -0.1) is 11.3 Å². The van der Waals surface area contributed by atoms with Gasteiger partial charge in [-0.05, 0) is 26.0 Å². The first-order valence-electron chi connectivity index (χ1n) is 6.66. The summed E-state index contributed by atoms with van der Waals surface area (Å²) in [6.07, 6.45) is 3.74. The van der Waals surface area contributed by atoms with Crippen LogP contribution in [0.4, 0.5) is 0 Å². The molecule has 2 rings (SSSR count). The molecule has 116 valence electrons. The fraction of sp³-hybridized carbons (Fsp3) is 0.462. The molecule has 0 amide bonds. The van der Waals surface area contributed by atoms with E-state index in [1.165, 1.54) is 11.3 Å². The van der Waals surface area contributed by atoms with Crippen molar-refractivity contribution in [1.29, 1.82) is 0 Å². The smallest absolute Gasteiger partial charge is 0.250 e. The standard InChI is InChI=1S/C13H20N4O2S2/c1-10-4-5-13(20-10)21(18,19)16-7-6-14-11(2)12-8-15-17(3)9-12/h4-5,8-9,11,14,16H,6-7H2,1-3H3/t11-/m1/s1. The molecule has 2 aromatic rings. The number of hydrogen-bond acceptors (Lipinski definition) is 5. The summed E-state index contributed by atoms with van der Waals surface area (Å²) in [5.41, 5.74) is 1.08. The number of nitrogens with one attached hydrogen (secondary N) is 2. The first-order valence-corrected chi connectivity index (χ1v) is 8.96. The Balaban J connectivity index is 1.79. The van der Waals surface area contributed by atoms with Crippen molar-refractivity contribution in [3.8, 4) is 0 Å². The highest BCUT2D eigenvalue weighted by molar-refractivity contribution is 7.91. The van der Waals surface area contributed by atoms with Gasteiger partial charge in [0.2, 0.25) is 10.0 Å². The van der Waals surface area contributed by atoms with Crippen molar-refractivity contribution in [2.75, 3.05) is 13.1 Å². The van der Waals surface area contributed by atoms with Gasteiger partial charge in [-0.1, -0.05) is 0 Å². The Morgan fingerprint density at radius 1 is 1.38 bits per heavy atom. The predicted octanol–water partition coefficient (Wildman–Crippen LogP) is 1.42. The van der Waals surface area contributed by atoms with Gasteiger partial charge >= 0.3 is 0 Å². The van der Waals surface area contributed by atoms with Crippen molar-refractivity contribution in [2.45, 2.75) is 24.1 Å². The number of aromatic nitrogens is 2. The summed E-state index contributed by atoms with van der Waals surface area (Å²) in [5.74, 6) is 0. The van der Waals surface area contributed by atoms with Gasteiger partial charge in [-0.25, -0.2) is 13.1 Å². The van der Waals surface area contributed by atoms with E-state index in [0.29, 0.717) is 17.3 Å². The lowest BCUT2D eigenvalue weighted by Gasteiger charge is -2.12. The Morgan fingerprint density at radius 2 is 2.14 bits per heavy atom. The van der Waals surface area contributed by atoms with Crippen LogP contribution in [-0.2, 0) is 17.1 Å². The number of nitrogens with zero attached hydrogens (tertiary/aromatic N) is 2. The Bertz CT molecular complexity index is 691. The number of sulfonamides is 1. The quantitative estimate of drug-likeness (QED) is 0.754. The van der Waals surface area contributed by atoms with E-state index in [1.807, 2.05) is 33.2 Å². The van der Waals surface area contributed by atoms with E-state index >= 15 is 0 Å². The van der Waals surface area contributed by atoms with Crippen molar-refractivity contribution < 1.29 is 8.42 Å². The van der Waals surface area contributed by atoms with Crippen LogP contribution in [0, 0.1) is 6.92 Å². The maximum Gasteiger partial charge on any atom is 0.250 e. The minimum atomic E-state index is -3.39. The normalized spacial score (nSPS) is 13.5. The third-order valence-corrected chi connectivity index (χ3v) is 6.03. The topological polar surface area (TPSA) is 76.0 Å². The fourth-order valence-electron chi connectivity index (χ4n) is 1.88. The predicted molar refractivity (Wildman–Crippen MR) is 83.9 cm³/mol. The first kappa shape index (κ1) is 16.2. The van der Waals surface area contributed by atoms with Gasteiger partial charge in [0.15, 0.2) is 0 Å². The lowest BCUT2D eigenvalue weighted by Crippen LogP contribution is -2.32. The molecular weight excluding hydrogens is 308 g/mol. The summed E-state index contributed by atoms with van der Waals surface area (Å²) < 4.78 is 28.8. The Labute approximate surface area is 129 Å². The van der Waals surface area contributed by atoms with E-state index in [-0.39, 0.29) is 6.04 Å². The molecule has 0 radical (unpaired) electrons. The summed E-state index contributed by atoms with van der Waals surface area (Å²) >= 11 is 1.28. The molecule has 2 N–H and O–H groups in total. The number of thiophene rings is 1. The van der Waals surface area contributed by atoms with Gasteiger partial charge in [0.25, 0.3) is 0 Å². The summed E-state index contributed by atoms with van der Waals surface area (Å²) in [6.45, 7) is 4.82. The van der Waals surface area contributed by atoms with Gasteiger partial charge in [0.05, 0.1) is 6.20 Å². The van der Waals surface area contributed by atoms with Crippen LogP contribution in [0.25, 0.3) is 0 Å². The Kier molecular flexibility index (Phi) is 5.15. The minimum Gasteiger partial charge on any atom is -0.309 e. The van der Waals surface area contributed by atoms with Gasteiger partial charge in [0.1, 0.15) is 4.21 Å². The molecular formula is C13H20N4O2S2. The largest absolute Gasteiger partial charge is 0.309 e. The highest BCUT2D eigenvalue weighted by Gasteiger charge is 2.15. The second-order valence-corrected chi connectivity index (χ2v) is 8.17. The lowest BCUT2D eigenvalue weighted by molar-refractivity contribution is 0.554. The lowest BCUT2D eigenvalue weighted by atomic mass is 10.2. The van der Waals surface area contributed by atoms with Crippen molar-refractivity contribution in [3.05, 3.63) is 35.0 Å².